The third-order valence-corrected chi connectivity index (χ3v) is 5.32. The highest BCUT2D eigenvalue weighted by Gasteiger charge is 2.32. The maximum atomic E-state index is 12.9. The topological polar surface area (TPSA) is 58.7 Å². The van der Waals surface area contributed by atoms with E-state index in [1.54, 1.807) is 35.5 Å². The third-order valence-electron chi connectivity index (χ3n) is 4.08. The smallest absolute Gasteiger partial charge is 0.267 e. The van der Waals surface area contributed by atoms with Gasteiger partial charge in [0.1, 0.15) is 11.5 Å². The average molecular weight is 422 g/mol. The van der Waals surface area contributed by atoms with Crippen molar-refractivity contribution in [3.63, 3.8) is 0 Å². The van der Waals surface area contributed by atoms with Crippen molar-refractivity contribution in [2.45, 2.75) is 0 Å². The summed E-state index contributed by atoms with van der Waals surface area (Å²) in [4.78, 5) is 23.6. The normalized spacial score (nSPS) is 16.7. The molecule has 0 saturated carbocycles. The lowest BCUT2D eigenvalue weighted by molar-refractivity contribution is -0.121. The van der Waals surface area contributed by atoms with E-state index in [4.69, 9.17) is 16.0 Å². The number of pyridine rings is 1. The number of benzene rings is 1. The number of amidine groups is 1. The van der Waals surface area contributed by atoms with Gasteiger partial charge in [0, 0.05) is 29.4 Å². The standard InChI is InChI=1S/C22H16ClN3O2S/c1-2-11-26-21(27)20(29-22(26)25-17-7-4-10-24-14-17)13-18-8-9-19(28-18)15-5-3-6-16(23)12-15/h2-10,12-14H,1,11H2/b20-13+,25-22?. The van der Waals surface area contributed by atoms with Gasteiger partial charge in [0.15, 0.2) is 5.17 Å². The van der Waals surface area contributed by atoms with Crippen LogP contribution < -0.4 is 0 Å². The van der Waals surface area contributed by atoms with Crippen molar-refractivity contribution >= 4 is 46.2 Å². The van der Waals surface area contributed by atoms with Gasteiger partial charge in [0.05, 0.1) is 16.8 Å². The summed E-state index contributed by atoms with van der Waals surface area (Å²) in [7, 11) is 0. The number of furan rings is 1. The molecule has 1 saturated heterocycles. The molecule has 0 radical (unpaired) electrons. The second-order valence-corrected chi connectivity index (χ2v) is 7.58. The van der Waals surface area contributed by atoms with Gasteiger partial charge in [0.25, 0.3) is 5.91 Å². The Morgan fingerprint density at radius 1 is 1.24 bits per heavy atom. The van der Waals surface area contributed by atoms with Crippen LogP contribution in [0.2, 0.25) is 5.02 Å². The molecular weight excluding hydrogens is 406 g/mol. The van der Waals surface area contributed by atoms with Crippen molar-refractivity contribution in [1.29, 1.82) is 0 Å². The summed E-state index contributed by atoms with van der Waals surface area (Å²) in [5.74, 6) is 1.12. The number of nitrogens with zero attached hydrogens (tertiary/aromatic N) is 3. The molecule has 1 aromatic carbocycles. The first-order chi connectivity index (χ1) is 14.1. The molecular formula is C22H16ClN3O2S. The molecule has 0 N–H and O–H groups in total. The summed E-state index contributed by atoms with van der Waals surface area (Å²) < 4.78 is 5.89. The molecule has 1 amide bonds. The fourth-order valence-corrected chi connectivity index (χ4v) is 3.95. The Balaban J connectivity index is 1.63. The van der Waals surface area contributed by atoms with E-state index in [0.29, 0.717) is 38.8 Å². The minimum atomic E-state index is -0.141. The number of thioether (sulfide) groups is 1. The lowest BCUT2D eigenvalue weighted by atomic mass is 10.2. The van der Waals surface area contributed by atoms with Crippen LogP contribution in [-0.4, -0.2) is 27.5 Å². The quantitative estimate of drug-likeness (QED) is 0.386. The number of hydrogen-bond donors (Lipinski definition) is 0. The molecule has 4 rings (SSSR count). The first-order valence-corrected chi connectivity index (χ1v) is 10.0. The van der Waals surface area contributed by atoms with Crippen LogP contribution in [0.1, 0.15) is 5.76 Å². The molecule has 0 atom stereocenters. The number of carbonyl (C=O) groups is 1. The summed E-state index contributed by atoms with van der Waals surface area (Å²) in [5, 5.41) is 1.22. The molecule has 0 spiro atoms. The Kier molecular flexibility index (Phi) is 5.64. The number of hydrogen-bond acceptors (Lipinski definition) is 5. The second kappa shape index (κ2) is 8.51. The summed E-state index contributed by atoms with van der Waals surface area (Å²) >= 11 is 7.35. The summed E-state index contributed by atoms with van der Waals surface area (Å²) in [6.07, 6.45) is 6.72. The maximum Gasteiger partial charge on any atom is 0.267 e. The molecule has 0 bridgehead atoms. The molecule has 1 fully saturated rings. The predicted molar refractivity (Wildman–Crippen MR) is 118 cm³/mol. The highest BCUT2D eigenvalue weighted by Crippen LogP contribution is 2.35. The molecule has 1 aliphatic heterocycles. The molecule has 3 heterocycles. The summed E-state index contributed by atoms with van der Waals surface area (Å²) in [6, 6.07) is 14.7. The van der Waals surface area contributed by atoms with E-state index in [2.05, 4.69) is 16.6 Å². The fourth-order valence-electron chi connectivity index (χ4n) is 2.77. The van der Waals surface area contributed by atoms with Crippen LogP contribution in [0.25, 0.3) is 17.4 Å². The van der Waals surface area contributed by atoms with Crippen LogP contribution in [0.15, 0.2) is 87.9 Å². The molecule has 3 aromatic rings. The Morgan fingerprint density at radius 3 is 2.90 bits per heavy atom. The Hall–Kier alpha value is -3.09. The molecule has 5 nitrogen and oxygen atoms in total. The number of rotatable bonds is 5. The second-order valence-electron chi connectivity index (χ2n) is 6.13. The van der Waals surface area contributed by atoms with Gasteiger partial charge in [-0.05, 0) is 48.2 Å². The van der Waals surface area contributed by atoms with Crippen LogP contribution >= 0.6 is 23.4 Å². The van der Waals surface area contributed by atoms with Crippen LogP contribution in [-0.2, 0) is 4.79 Å². The monoisotopic (exact) mass is 421 g/mol. The Bertz CT molecular complexity index is 1120. The van der Waals surface area contributed by atoms with Gasteiger partial charge >= 0.3 is 0 Å². The third kappa shape index (κ3) is 4.34. The van der Waals surface area contributed by atoms with Gasteiger partial charge in [-0.3, -0.25) is 14.7 Å². The zero-order valence-electron chi connectivity index (χ0n) is 15.3. The van der Waals surface area contributed by atoms with E-state index >= 15 is 0 Å². The van der Waals surface area contributed by atoms with E-state index in [9.17, 15) is 4.79 Å². The number of aliphatic imine (C=N–C) groups is 1. The first-order valence-electron chi connectivity index (χ1n) is 8.81. The lowest BCUT2D eigenvalue weighted by Crippen LogP contribution is -2.29. The predicted octanol–water partition coefficient (Wildman–Crippen LogP) is 5.79. The number of amides is 1. The highest BCUT2D eigenvalue weighted by molar-refractivity contribution is 8.18. The van der Waals surface area contributed by atoms with E-state index in [1.807, 2.05) is 42.5 Å². The maximum absolute atomic E-state index is 12.9. The number of carbonyl (C=O) groups excluding carboxylic acids is 1. The Labute approximate surface area is 177 Å². The fraction of sp³-hybridized carbons (Fsp3) is 0.0455. The first kappa shape index (κ1) is 19.2. The van der Waals surface area contributed by atoms with Crippen LogP contribution in [0.5, 0.6) is 0 Å². The number of aromatic nitrogens is 1. The van der Waals surface area contributed by atoms with Gasteiger partial charge < -0.3 is 4.42 Å². The Morgan fingerprint density at radius 2 is 2.14 bits per heavy atom. The van der Waals surface area contributed by atoms with Gasteiger partial charge in [-0.25, -0.2) is 4.99 Å². The van der Waals surface area contributed by atoms with Crippen LogP contribution in [0.4, 0.5) is 5.69 Å². The van der Waals surface area contributed by atoms with Crippen molar-refractivity contribution in [3.05, 3.63) is 89.3 Å². The summed E-state index contributed by atoms with van der Waals surface area (Å²) in [6.45, 7) is 4.10. The molecule has 1 aliphatic rings. The van der Waals surface area contributed by atoms with Gasteiger partial charge in [-0.1, -0.05) is 29.8 Å². The molecule has 29 heavy (non-hydrogen) atoms. The van der Waals surface area contributed by atoms with E-state index in [0.717, 1.165) is 5.56 Å². The molecule has 2 aromatic heterocycles. The minimum absolute atomic E-state index is 0.141. The zero-order chi connectivity index (χ0) is 20.2. The van der Waals surface area contributed by atoms with E-state index < -0.39 is 0 Å². The van der Waals surface area contributed by atoms with E-state index in [1.165, 1.54) is 11.8 Å². The zero-order valence-corrected chi connectivity index (χ0v) is 16.9. The average Bonchev–Trinajstić information content (AvgIpc) is 3.30. The molecule has 0 aliphatic carbocycles. The molecule has 144 valence electrons. The minimum Gasteiger partial charge on any atom is -0.457 e. The largest absolute Gasteiger partial charge is 0.457 e. The van der Waals surface area contributed by atoms with Crippen molar-refractivity contribution < 1.29 is 9.21 Å². The van der Waals surface area contributed by atoms with Gasteiger partial charge in [0.2, 0.25) is 0 Å². The van der Waals surface area contributed by atoms with E-state index in [-0.39, 0.29) is 5.91 Å². The highest BCUT2D eigenvalue weighted by atomic mass is 35.5. The van der Waals surface area contributed by atoms with Gasteiger partial charge in [-0.2, -0.15) is 0 Å². The summed E-state index contributed by atoms with van der Waals surface area (Å²) in [5.41, 5.74) is 1.55. The van der Waals surface area contributed by atoms with Crippen molar-refractivity contribution in [2.75, 3.05) is 6.54 Å². The van der Waals surface area contributed by atoms with Crippen LogP contribution in [0, 0.1) is 0 Å². The van der Waals surface area contributed by atoms with Crippen LogP contribution in [0.3, 0.4) is 0 Å². The molecule has 0 unspecified atom stereocenters. The molecule has 7 heteroatoms. The van der Waals surface area contributed by atoms with Crippen molar-refractivity contribution in [2.24, 2.45) is 4.99 Å². The lowest BCUT2D eigenvalue weighted by Gasteiger charge is -2.12. The number of halogens is 1. The van der Waals surface area contributed by atoms with Crippen molar-refractivity contribution in [1.82, 2.24) is 9.88 Å². The van der Waals surface area contributed by atoms with Crippen molar-refractivity contribution in [3.8, 4) is 11.3 Å². The SMILES string of the molecule is C=CCN1C(=O)/C(=C\c2ccc(-c3cccc(Cl)c3)o2)SC1=Nc1cccnc1. The van der Waals surface area contributed by atoms with Gasteiger partial charge in [-0.15, -0.1) is 6.58 Å².